The summed E-state index contributed by atoms with van der Waals surface area (Å²) in [5.74, 6) is 0. The van der Waals surface area contributed by atoms with Crippen molar-refractivity contribution in [3.63, 3.8) is 0 Å². The first-order valence-corrected chi connectivity index (χ1v) is 9.96. The predicted molar refractivity (Wildman–Crippen MR) is 99.3 cm³/mol. The maximum Gasteiger partial charge on any atom is 0.245 e. The lowest BCUT2D eigenvalue weighted by Gasteiger charge is -2.44. The number of benzene rings is 2. The summed E-state index contributed by atoms with van der Waals surface area (Å²) >= 11 is 6.06. The summed E-state index contributed by atoms with van der Waals surface area (Å²) in [6.45, 7) is 4.01. The van der Waals surface area contributed by atoms with Gasteiger partial charge in [0.05, 0.1) is 28.7 Å². The topological polar surface area (TPSA) is 70.4 Å². The molecule has 3 rings (SSSR count). The predicted octanol–water partition coefficient (Wildman–Crippen LogP) is 3.75. The fourth-order valence-corrected chi connectivity index (χ4v) is 5.17. The normalized spacial score (nSPS) is 20.5. The molecule has 136 valence electrons. The molecule has 1 fully saturated rings. The molecule has 0 saturated carbocycles. The van der Waals surface area contributed by atoms with E-state index in [1.54, 1.807) is 24.3 Å². The van der Waals surface area contributed by atoms with Crippen molar-refractivity contribution < 1.29 is 13.2 Å². The van der Waals surface area contributed by atoms with Gasteiger partial charge in [-0.05, 0) is 43.7 Å². The Hall–Kier alpha value is -1.91. The average molecular weight is 391 g/mol. The van der Waals surface area contributed by atoms with Crippen molar-refractivity contribution >= 4 is 21.6 Å². The van der Waals surface area contributed by atoms with E-state index >= 15 is 0 Å². The van der Waals surface area contributed by atoms with Crippen LogP contribution in [-0.4, -0.2) is 31.4 Å². The van der Waals surface area contributed by atoms with Crippen LogP contribution in [0.4, 0.5) is 0 Å². The molecule has 0 radical (unpaired) electrons. The molecule has 0 N–H and O–H groups in total. The summed E-state index contributed by atoms with van der Waals surface area (Å²) in [5.41, 5.74) is 0.215. The minimum Gasteiger partial charge on any atom is -0.370 e. The number of hydrogen-bond donors (Lipinski definition) is 0. The van der Waals surface area contributed by atoms with Crippen molar-refractivity contribution in [2.45, 2.75) is 30.4 Å². The fourth-order valence-electron chi connectivity index (χ4n) is 3.06. The second kappa shape index (κ2) is 7.01. The Morgan fingerprint density at radius 2 is 1.96 bits per heavy atom. The molecule has 2 aromatic rings. The van der Waals surface area contributed by atoms with Gasteiger partial charge in [0.15, 0.2) is 0 Å². The Kier molecular flexibility index (Phi) is 5.09. The number of nitriles is 1. The molecule has 0 amide bonds. The van der Waals surface area contributed by atoms with Gasteiger partial charge in [0.2, 0.25) is 10.0 Å². The van der Waals surface area contributed by atoms with Crippen LogP contribution in [0.15, 0.2) is 53.4 Å². The van der Waals surface area contributed by atoms with Crippen molar-refractivity contribution in [3.05, 3.63) is 64.7 Å². The average Bonchev–Trinajstić information content (AvgIpc) is 2.61. The molecule has 5 nitrogen and oxygen atoms in total. The number of halogens is 1. The van der Waals surface area contributed by atoms with E-state index in [1.165, 1.54) is 16.4 Å². The summed E-state index contributed by atoms with van der Waals surface area (Å²) in [6, 6.07) is 15.4. The van der Waals surface area contributed by atoms with E-state index in [0.717, 1.165) is 5.56 Å². The standard InChI is InChI=1S/C19H19ClN2O3S/c1-19(2)13-25-17(14-7-5-8-16(20)10-14)12-22(19)26(23,24)18-9-4-3-6-15(18)11-21/h3-10,17H,12-13H2,1-2H3. The minimum atomic E-state index is -3.87. The molecule has 1 unspecified atom stereocenters. The fraction of sp³-hybridized carbons (Fsp3) is 0.316. The van der Waals surface area contributed by atoms with Crippen LogP contribution in [0.5, 0.6) is 0 Å². The Bertz CT molecular complexity index is 967. The first-order chi connectivity index (χ1) is 12.3. The molecular weight excluding hydrogens is 372 g/mol. The Labute approximate surface area is 158 Å². The maximum atomic E-state index is 13.3. The molecule has 1 aliphatic heterocycles. The summed E-state index contributed by atoms with van der Waals surface area (Å²) in [6.07, 6.45) is -0.425. The molecular formula is C19H19ClN2O3S. The van der Waals surface area contributed by atoms with Crippen LogP contribution in [0.25, 0.3) is 0 Å². The summed E-state index contributed by atoms with van der Waals surface area (Å²) in [7, 11) is -3.87. The number of morpholine rings is 1. The molecule has 1 aliphatic rings. The van der Waals surface area contributed by atoms with Crippen LogP contribution in [0, 0.1) is 11.3 Å². The van der Waals surface area contributed by atoms with Crippen LogP contribution >= 0.6 is 11.6 Å². The molecule has 7 heteroatoms. The molecule has 26 heavy (non-hydrogen) atoms. The monoisotopic (exact) mass is 390 g/mol. The highest BCUT2D eigenvalue weighted by molar-refractivity contribution is 7.89. The lowest BCUT2D eigenvalue weighted by Crippen LogP contribution is -2.56. The molecule has 1 atom stereocenters. The molecule has 0 spiro atoms. The van der Waals surface area contributed by atoms with Gasteiger partial charge in [-0.15, -0.1) is 0 Å². The smallest absolute Gasteiger partial charge is 0.245 e. The quantitative estimate of drug-likeness (QED) is 0.800. The van der Waals surface area contributed by atoms with Gasteiger partial charge in [-0.2, -0.15) is 9.57 Å². The van der Waals surface area contributed by atoms with Crippen LogP contribution in [0.2, 0.25) is 5.02 Å². The van der Waals surface area contributed by atoms with Crippen molar-refractivity contribution in [2.24, 2.45) is 0 Å². The van der Waals surface area contributed by atoms with Gasteiger partial charge in [-0.25, -0.2) is 8.42 Å². The summed E-state index contributed by atoms with van der Waals surface area (Å²) < 4.78 is 34.0. The number of nitrogens with zero attached hydrogens (tertiary/aromatic N) is 2. The van der Waals surface area contributed by atoms with Crippen molar-refractivity contribution in [1.29, 1.82) is 5.26 Å². The lowest BCUT2D eigenvalue weighted by atomic mass is 10.0. The highest BCUT2D eigenvalue weighted by Gasteiger charge is 2.43. The summed E-state index contributed by atoms with van der Waals surface area (Å²) in [5, 5.41) is 9.87. The third-order valence-electron chi connectivity index (χ3n) is 4.44. The third kappa shape index (κ3) is 3.49. The van der Waals surface area contributed by atoms with Gasteiger partial charge in [0.1, 0.15) is 6.07 Å². The lowest BCUT2D eigenvalue weighted by molar-refractivity contribution is -0.0655. The molecule has 0 aliphatic carbocycles. The number of rotatable bonds is 3. The van der Waals surface area contributed by atoms with Gasteiger partial charge >= 0.3 is 0 Å². The van der Waals surface area contributed by atoms with E-state index < -0.39 is 21.7 Å². The van der Waals surface area contributed by atoms with Crippen LogP contribution in [0.1, 0.15) is 31.1 Å². The SMILES string of the molecule is CC1(C)COC(c2cccc(Cl)c2)CN1S(=O)(=O)c1ccccc1C#N. The van der Waals surface area contributed by atoms with E-state index in [2.05, 4.69) is 0 Å². The van der Waals surface area contributed by atoms with Crippen molar-refractivity contribution in [3.8, 4) is 6.07 Å². The molecule has 1 heterocycles. The molecule has 0 aromatic heterocycles. The van der Waals surface area contributed by atoms with Crippen LogP contribution in [0.3, 0.4) is 0 Å². The molecule has 0 bridgehead atoms. The second-order valence-electron chi connectivity index (χ2n) is 6.81. The number of hydrogen-bond acceptors (Lipinski definition) is 4. The van der Waals surface area contributed by atoms with Gasteiger partial charge in [-0.1, -0.05) is 35.9 Å². The molecule has 1 saturated heterocycles. The zero-order valence-corrected chi connectivity index (χ0v) is 16.1. The van der Waals surface area contributed by atoms with Crippen LogP contribution in [-0.2, 0) is 14.8 Å². The maximum absolute atomic E-state index is 13.3. The van der Waals surface area contributed by atoms with Crippen molar-refractivity contribution in [2.75, 3.05) is 13.2 Å². The highest BCUT2D eigenvalue weighted by Crippen LogP contribution is 2.35. The Balaban J connectivity index is 2.02. The third-order valence-corrected chi connectivity index (χ3v) is 6.81. The first-order valence-electron chi connectivity index (χ1n) is 8.15. The van der Waals surface area contributed by atoms with Gasteiger partial charge in [-0.3, -0.25) is 0 Å². The number of sulfonamides is 1. The van der Waals surface area contributed by atoms with Gasteiger partial charge < -0.3 is 4.74 Å². The van der Waals surface area contributed by atoms with E-state index in [0.29, 0.717) is 5.02 Å². The highest BCUT2D eigenvalue weighted by atomic mass is 35.5. The Morgan fingerprint density at radius 3 is 2.65 bits per heavy atom. The van der Waals surface area contributed by atoms with Gasteiger partial charge in [0.25, 0.3) is 0 Å². The number of ether oxygens (including phenoxy) is 1. The minimum absolute atomic E-state index is 0.0160. The Morgan fingerprint density at radius 1 is 1.23 bits per heavy atom. The van der Waals surface area contributed by atoms with E-state index in [9.17, 15) is 13.7 Å². The molecule has 2 aromatic carbocycles. The second-order valence-corrected chi connectivity index (χ2v) is 9.08. The van der Waals surface area contributed by atoms with Crippen LogP contribution < -0.4 is 0 Å². The van der Waals surface area contributed by atoms with E-state index in [1.807, 2.05) is 32.0 Å². The van der Waals surface area contributed by atoms with Gasteiger partial charge in [0, 0.05) is 11.6 Å². The van der Waals surface area contributed by atoms with E-state index in [4.69, 9.17) is 16.3 Å². The zero-order valence-electron chi connectivity index (χ0n) is 14.5. The van der Waals surface area contributed by atoms with E-state index in [-0.39, 0.29) is 23.6 Å². The zero-order chi connectivity index (χ0) is 18.9. The van der Waals surface area contributed by atoms with Crippen molar-refractivity contribution in [1.82, 2.24) is 4.31 Å². The first kappa shape index (κ1) is 18.9. The largest absolute Gasteiger partial charge is 0.370 e. The summed E-state index contributed by atoms with van der Waals surface area (Å²) in [4.78, 5) is 0.0160.